The smallest absolute Gasteiger partial charge is 0.337 e. The van der Waals surface area contributed by atoms with Gasteiger partial charge in [0.05, 0.1) is 18.7 Å². The number of amides is 1. The van der Waals surface area contributed by atoms with Crippen LogP contribution in [-0.2, 0) is 9.53 Å². The zero-order valence-corrected chi connectivity index (χ0v) is 15.9. The summed E-state index contributed by atoms with van der Waals surface area (Å²) in [5.41, 5.74) is 1.10. The van der Waals surface area contributed by atoms with Crippen LogP contribution >= 0.6 is 11.3 Å². The Hall–Kier alpha value is -3.19. The summed E-state index contributed by atoms with van der Waals surface area (Å²) < 4.78 is 23.4. The third-order valence-electron chi connectivity index (χ3n) is 3.96. The quantitative estimate of drug-likeness (QED) is 0.611. The molecule has 1 atom stereocenters. The fraction of sp³-hybridized carbons (Fsp3) is 0.143. The average molecular weight is 399 g/mol. The first-order valence-electron chi connectivity index (χ1n) is 8.46. The summed E-state index contributed by atoms with van der Waals surface area (Å²) in [6.45, 7) is -0.228. The Morgan fingerprint density at radius 1 is 1.11 bits per heavy atom. The topological polar surface area (TPSA) is 64.6 Å². The lowest BCUT2D eigenvalue weighted by Gasteiger charge is -2.18. The van der Waals surface area contributed by atoms with Gasteiger partial charge < -0.3 is 14.8 Å². The van der Waals surface area contributed by atoms with Gasteiger partial charge in [-0.25, -0.2) is 9.18 Å². The molecule has 1 aromatic heterocycles. The van der Waals surface area contributed by atoms with Gasteiger partial charge in [0.1, 0.15) is 11.6 Å². The summed E-state index contributed by atoms with van der Waals surface area (Å²) in [6.07, 6.45) is 0. The number of carbonyl (C=O) groups is 2. The molecule has 2 aromatic carbocycles. The molecule has 1 heterocycles. The van der Waals surface area contributed by atoms with Crippen LogP contribution in [0.4, 0.5) is 4.39 Å². The molecule has 0 spiro atoms. The van der Waals surface area contributed by atoms with Crippen molar-refractivity contribution >= 4 is 23.2 Å². The first-order chi connectivity index (χ1) is 13.6. The van der Waals surface area contributed by atoms with Gasteiger partial charge in [-0.05, 0) is 47.3 Å². The lowest BCUT2D eigenvalue weighted by molar-refractivity contribution is -0.123. The number of hydrogen-bond acceptors (Lipinski definition) is 5. The van der Waals surface area contributed by atoms with E-state index in [1.165, 1.54) is 36.6 Å². The van der Waals surface area contributed by atoms with Crippen LogP contribution in [0.1, 0.15) is 26.8 Å². The fourth-order valence-corrected chi connectivity index (χ4v) is 3.41. The Kier molecular flexibility index (Phi) is 6.39. The van der Waals surface area contributed by atoms with Gasteiger partial charge in [-0.2, -0.15) is 0 Å². The van der Waals surface area contributed by atoms with E-state index in [0.29, 0.717) is 11.3 Å². The van der Waals surface area contributed by atoms with Crippen LogP contribution in [0.25, 0.3) is 0 Å². The zero-order valence-electron chi connectivity index (χ0n) is 15.1. The summed E-state index contributed by atoms with van der Waals surface area (Å²) in [4.78, 5) is 24.9. The first kappa shape index (κ1) is 19.6. The lowest BCUT2D eigenvalue weighted by Crippen LogP contribution is -2.32. The number of ether oxygens (including phenoxy) is 2. The van der Waals surface area contributed by atoms with E-state index in [2.05, 4.69) is 10.1 Å². The second kappa shape index (κ2) is 9.14. The number of thiophene rings is 1. The van der Waals surface area contributed by atoms with E-state index in [1.54, 1.807) is 30.3 Å². The van der Waals surface area contributed by atoms with E-state index in [1.807, 2.05) is 17.5 Å². The molecule has 28 heavy (non-hydrogen) atoms. The number of carbonyl (C=O) groups excluding carboxylic acids is 2. The molecule has 0 aliphatic heterocycles. The maximum Gasteiger partial charge on any atom is 0.337 e. The van der Waals surface area contributed by atoms with E-state index in [4.69, 9.17) is 4.74 Å². The number of halogens is 1. The number of benzene rings is 2. The van der Waals surface area contributed by atoms with E-state index >= 15 is 0 Å². The minimum absolute atomic E-state index is 0.228. The van der Waals surface area contributed by atoms with Crippen molar-refractivity contribution in [3.63, 3.8) is 0 Å². The summed E-state index contributed by atoms with van der Waals surface area (Å²) in [5, 5.41) is 4.82. The van der Waals surface area contributed by atoms with Gasteiger partial charge >= 0.3 is 5.97 Å². The van der Waals surface area contributed by atoms with Crippen molar-refractivity contribution in [3.05, 3.63) is 87.9 Å². The van der Waals surface area contributed by atoms with Gasteiger partial charge in [0.25, 0.3) is 5.91 Å². The molecule has 3 rings (SSSR count). The highest BCUT2D eigenvalue weighted by Gasteiger charge is 2.18. The summed E-state index contributed by atoms with van der Waals surface area (Å²) in [6, 6.07) is 15.8. The number of esters is 1. The molecule has 1 N–H and O–H groups in total. The number of nitrogens with one attached hydrogen (secondary N) is 1. The molecule has 0 aliphatic carbocycles. The van der Waals surface area contributed by atoms with E-state index < -0.39 is 12.0 Å². The van der Waals surface area contributed by atoms with Crippen LogP contribution in [-0.4, -0.2) is 25.6 Å². The highest BCUT2D eigenvalue weighted by atomic mass is 32.1. The highest BCUT2D eigenvalue weighted by molar-refractivity contribution is 7.10. The minimum atomic E-state index is -0.482. The van der Waals surface area contributed by atoms with Crippen LogP contribution in [0.5, 0.6) is 5.75 Å². The van der Waals surface area contributed by atoms with E-state index in [0.717, 1.165) is 10.4 Å². The van der Waals surface area contributed by atoms with Crippen molar-refractivity contribution in [2.75, 3.05) is 13.7 Å². The molecule has 5 nitrogen and oxygen atoms in total. The molecule has 0 bridgehead atoms. The SMILES string of the molecule is COC(=O)c1cccc(OCC(=O)N[C@H](c2ccc(F)cc2)c2cccs2)c1. The van der Waals surface area contributed by atoms with Crippen LogP contribution in [0.2, 0.25) is 0 Å². The molecule has 7 heteroatoms. The van der Waals surface area contributed by atoms with Crippen molar-refractivity contribution in [3.8, 4) is 5.75 Å². The molecule has 0 saturated heterocycles. The van der Waals surface area contributed by atoms with Crippen molar-refractivity contribution < 1.29 is 23.5 Å². The average Bonchev–Trinajstić information content (AvgIpc) is 3.25. The van der Waals surface area contributed by atoms with Crippen molar-refractivity contribution in [2.45, 2.75) is 6.04 Å². The summed E-state index contributed by atoms with van der Waals surface area (Å²) >= 11 is 1.49. The molecule has 0 saturated carbocycles. The van der Waals surface area contributed by atoms with Gasteiger partial charge in [0.2, 0.25) is 0 Å². The molecule has 0 radical (unpaired) electrons. The standard InChI is InChI=1S/C21H18FNO4S/c1-26-21(25)15-4-2-5-17(12-15)27-13-19(24)23-20(18-6-3-11-28-18)14-7-9-16(22)10-8-14/h2-12,20H,13H2,1H3,(H,23,24)/t20-/m1/s1. The molecule has 0 aliphatic rings. The largest absolute Gasteiger partial charge is 0.484 e. The number of rotatable bonds is 7. The van der Waals surface area contributed by atoms with Crippen LogP contribution in [0.3, 0.4) is 0 Å². The predicted octanol–water partition coefficient (Wildman–Crippen LogP) is 3.96. The van der Waals surface area contributed by atoms with E-state index in [9.17, 15) is 14.0 Å². The second-order valence-corrected chi connectivity index (χ2v) is 6.85. The maximum absolute atomic E-state index is 13.2. The lowest BCUT2D eigenvalue weighted by atomic mass is 10.1. The van der Waals surface area contributed by atoms with Crippen molar-refractivity contribution in [1.29, 1.82) is 0 Å². The Balaban J connectivity index is 1.68. The second-order valence-electron chi connectivity index (χ2n) is 5.88. The normalized spacial score (nSPS) is 11.5. The monoisotopic (exact) mass is 399 g/mol. The molecule has 0 fully saturated rings. The Labute approximate surface area is 165 Å². The summed E-state index contributed by atoms with van der Waals surface area (Å²) in [7, 11) is 1.30. The van der Waals surface area contributed by atoms with E-state index in [-0.39, 0.29) is 18.3 Å². The van der Waals surface area contributed by atoms with Gasteiger partial charge in [0, 0.05) is 4.88 Å². The number of hydrogen-bond donors (Lipinski definition) is 1. The van der Waals surface area contributed by atoms with Crippen LogP contribution in [0, 0.1) is 5.82 Å². The van der Waals surface area contributed by atoms with Crippen molar-refractivity contribution in [1.82, 2.24) is 5.32 Å². The van der Waals surface area contributed by atoms with Gasteiger partial charge in [0.15, 0.2) is 6.61 Å². The third-order valence-corrected chi connectivity index (χ3v) is 4.90. The molecule has 3 aromatic rings. The first-order valence-corrected chi connectivity index (χ1v) is 9.34. The Bertz CT molecular complexity index is 941. The molecule has 1 amide bonds. The Morgan fingerprint density at radius 3 is 2.57 bits per heavy atom. The van der Waals surface area contributed by atoms with Crippen LogP contribution in [0.15, 0.2) is 66.0 Å². The molecule has 144 valence electrons. The van der Waals surface area contributed by atoms with Crippen molar-refractivity contribution in [2.24, 2.45) is 0 Å². The zero-order chi connectivity index (χ0) is 19.9. The molecular weight excluding hydrogens is 381 g/mol. The fourth-order valence-electron chi connectivity index (χ4n) is 2.61. The predicted molar refractivity (Wildman–Crippen MR) is 104 cm³/mol. The van der Waals surface area contributed by atoms with Gasteiger partial charge in [-0.15, -0.1) is 11.3 Å². The third kappa shape index (κ3) is 4.95. The van der Waals surface area contributed by atoms with Gasteiger partial charge in [-0.1, -0.05) is 24.3 Å². The maximum atomic E-state index is 13.2. The molecule has 0 unspecified atom stereocenters. The number of methoxy groups -OCH3 is 1. The van der Waals surface area contributed by atoms with Gasteiger partial charge in [-0.3, -0.25) is 4.79 Å². The van der Waals surface area contributed by atoms with Crippen LogP contribution < -0.4 is 10.1 Å². The highest BCUT2D eigenvalue weighted by Crippen LogP contribution is 2.26. The summed E-state index contributed by atoms with van der Waals surface area (Å²) in [5.74, 6) is -0.781. The minimum Gasteiger partial charge on any atom is -0.484 e. The molecular formula is C21H18FNO4S. The Morgan fingerprint density at radius 2 is 1.89 bits per heavy atom.